The van der Waals surface area contributed by atoms with Crippen molar-refractivity contribution in [3.63, 3.8) is 0 Å². The van der Waals surface area contributed by atoms with Crippen molar-refractivity contribution >= 4 is 41.2 Å². The summed E-state index contributed by atoms with van der Waals surface area (Å²) in [5, 5.41) is 9.60. The zero-order valence-electron chi connectivity index (χ0n) is 10.6. The van der Waals surface area contributed by atoms with Crippen molar-refractivity contribution in [2.45, 2.75) is 18.9 Å². The van der Waals surface area contributed by atoms with E-state index in [9.17, 15) is 9.59 Å². The van der Waals surface area contributed by atoms with Gasteiger partial charge in [-0.1, -0.05) is 35.3 Å². The lowest BCUT2D eigenvalue weighted by Crippen LogP contribution is -2.36. The fourth-order valence-corrected chi connectivity index (χ4v) is 2.20. The van der Waals surface area contributed by atoms with Gasteiger partial charge in [0.1, 0.15) is 6.54 Å². The molecule has 0 atom stereocenters. The molecule has 4 nitrogen and oxygen atoms in total. The van der Waals surface area contributed by atoms with Crippen LogP contribution in [0.5, 0.6) is 0 Å². The molecule has 1 aromatic rings. The molecule has 6 heteroatoms. The second-order valence-electron chi connectivity index (χ2n) is 4.57. The average Bonchev–Trinajstić information content (AvgIpc) is 3.21. The molecule has 1 aliphatic rings. The Bertz CT molecular complexity index is 568. The SMILES string of the molecule is O=C(O)CN(C(=O)C=Cc1cccc(Cl)c1Cl)C1CC1. The van der Waals surface area contributed by atoms with Crippen LogP contribution in [-0.4, -0.2) is 34.5 Å². The molecule has 1 amide bonds. The molecule has 1 fully saturated rings. The third-order valence-corrected chi connectivity index (χ3v) is 3.80. The highest BCUT2D eigenvalue weighted by Crippen LogP contribution is 2.28. The molecular formula is C14H13Cl2NO3. The molecule has 1 N–H and O–H groups in total. The standard InChI is InChI=1S/C14H13Cl2NO3/c15-11-3-1-2-9(14(11)16)4-7-12(18)17(8-13(19)20)10-5-6-10/h1-4,7,10H,5-6,8H2,(H,19,20). The second-order valence-corrected chi connectivity index (χ2v) is 5.35. The zero-order chi connectivity index (χ0) is 14.7. The summed E-state index contributed by atoms with van der Waals surface area (Å²) in [6, 6.07) is 5.16. The summed E-state index contributed by atoms with van der Waals surface area (Å²) in [5.74, 6) is -1.34. The Morgan fingerprint density at radius 1 is 1.35 bits per heavy atom. The smallest absolute Gasteiger partial charge is 0.323 e. The number of rotatable bonds is 5. The maximum Gasteiger partial charge on any atom is 0.323 e. The van der Waals surface area contributed by atoms with Crippen LogP contribution in [0.2, 0.25) is 10.0 Å². The normalized spacial score (nSPS) is 14.5. The van der Waals surface area contributed by atoms with Gasteiger partial charge in [-0.2, -0.15) is 0 Å². The quantitative estimate of drug-likeness (QED) is 0.850. The predicted molar refractivity (Wildman–Crippen MR) is 77.9 cm³/mol. The third kappa shape index (κ3) is 3.74. The number of hydrogen-bond acceptors (Lipinski definition) is 2. The Morgan fingerprint density at radius 2 is 2.05 bits per heavy atom. The summed E-state index contributed by atoms with van der Waals surface area (Å²) in [5.41, 5.74) is 0.624. The Labute approximate surface area is 126 Å². The maximum absolute atomic E-state index is 12.0. The number of hydrogen-bond donors (Lipinski definition) is 1. The van der Waals surface area contributed by atoms with Crippen molar-refractivity contribution < 1.29 is 14.7 Å². The lowest BCUT2D eigenvalue weighted by atomic mass is 10.2. The average molecular weight is 314 g/mol. The molecule has 1 aromatic carbocycles. The van der Waals surface area contributed by atoms with Crippen LogP contribution >= 0.6 is 23.2 Å². The lowest BCUT2D eigenvalue weighted by molar-refractivity contribution is -0.143. The molecule has 0 aliphatic heterocycles. The molecule has 1 aliphatic carbocycles. The zero-order valence-corrected chi connectivity index (χ0v) is 12.1. The molecule has 2 rings (SSSR count). The van der Waals surface area contributed by atoms with Gasteiger partial charge in [-0.05, 0) is 30.5 Å². The van der Waals surface area contributed by atoms with Gasteiger partial charge in [0.15, 0.2) is 0 Å². The van der Waals surface area contributed by atoms with Gasteiger partial charge in [-0.25, -0.2) is 0 Å². The number of halogens is 2. The second kappa shape index (κ2) is 6.29. The number of benzene rings is 1. The molecule has 0 saturated heterocycles. The molecule has 0 bridgehead atoms. The van der Waals surface area contributed by atoms with Crippen LogP contribution in [0.4, 0.5) is 0 Å². The molecule has 0 aromatic heterocycles. The summed E-state index contributed by atoms with van der Waals surface area (Å²) in [6.45, 7) is -0.281. The molecular weight excluding hydrogens is 301 g/mol. The maximum atomic E-state index is 12.0. The van der Waals surface area contributed by atoms with E-state index < -0.39 is 5.97 Å². The fraction of sp³-hybridized carbons (Fsp3) is 0.286. The molecule has 0 unspecified atom stereocenters. The number of carboxylic acid groups (broad SMARTS) is 1. The van der Waals surface area contributed by atoms with Crippen molar-refractivity contribution in [1.82, 2.24) is 4.90 Å². The highest BCUT2D eigenvalue weighted by atomic mass is 35.5. The van der Waals surface area contributed by atoms with Crippen LogP contribution in [0, 0.1) is 0 Å². The first-order valence-electron chi connectivity index (χ1n) is 6.13. The minimum absolute atomic E-state index is 0.0399. The molecule has 106 valence electrons. The lowest BCUT2D eigenvalue weighted by Gasteiger charge is -2.18. The van der Waals surface area contributed by atoms with Gasteiger partial charge in [0.05, 0.1) is 10.0 Å². The Morgan fingerprint density at radius 3 is 2.65 bits per heavy atom. The van der Waals surface area contributed by atoms with E-state index >= 15 is 0 Å². The van der Waals surface area contributed by atoms with Crippen LogP contribution in [0.15, 0.2) is 24.3 Å². The number of carbonyl (C=O) groups excluding carboxylic acids is 1. The number of carbonyl (C=O) groups is 2. The minimum Gasteiger partial charge on any atom is -0.480 e. The monoisotopic (exact) mass is 313 g/mol. The first-order chi connectivity index (χ1) is 9.49. The Kier molecular flexibility index (Phi) is 4.68. The molecule has 1 saturated carbocycles. The number of carboxylic acids is 1. The Hall–Kier alpha value is -1.52. The van der Waals surface area contributed by atoms with E-state index in [4.69, 9.17) is 28.3 Å². The van der Waals surface area contributed by atoms with Crippen LogP contribution in [0.3, 0.4) is 0 Å². The van der Waals surface area contributed by atoms with Gasteiger partial charge >= 0.3 is 5.97 Å². The van der Waals surface area contributed by atoms with E-state index in [-0.39, 0.29) is 18.5 Å². The number of nitrogens with zero attached hydrogens (tertiary/aromatic N) is 1. The first-order valence-corrected chi connectivity index (χ1v) is 6.89. The number of aliphatic carboxylic acids is 1. The van der Waals surface area contributed by atoms with Crippen LogP contribution in [0.1, 0.15) is 18.4 Å². The van der Waals surface area contributed by atoms with Crippen LogP contribution < -0.4 is 0 Å². The van der Waals surface area contributed by atoms with Crippen molar-refractivity contribution in [1.29, 1.82) is 0 Å². The highest BCUT2D eigenvalue weighted by molar-refractivity contribution is 6.42. The van der Waals surface area contributed by atoms with E-state index in [2.05, 4.69) is 0 Å². The fourth-order valence-electron chi connectivity index (χ4n) is 1.82. The van der Waals surface area contributed by atoms with Crippen molar-refractivity contribution in [3.05, 3.63) is 39.9 Å². The highest BCUT2D eigenvalue weighted by Gasteiger charge is 2.32. The largest absolute Gasteiger partial charge is 0.480 e. The third-order valence-electron chi connectivity index (χ3n) is 2.96. The topological polar surface area (TPSA) is 57.6 Å². The van der Waals surface area contributed by atoms with E-state index in [0.717, 1.165) is 12.8 Å². The van der Waals surface area contributed by atoms with Crippen molar-refractivity contribution in [3.8, 4) is 0 Å². The Balaban J connectivity index is 2.11. The molecule has 0 spiro atoms. The van der Waals surface area contributed by atoms with Gasteiger partial charge in [-0.15, -0.1) is 0 Å². The van der Waals surface area contributed by atoms with Gasteiger partial charge in [0.2, 0.25) is 5.91 Å². The summed E-state index contributed by atoms with van der Waals surface area (Å²) >= 11 is 11.9. The number of amides is 1. The minimum atomic E-state index is -1.01. The van der Waals surface area contributed by atoms with Gasteiger partial charge in [-0.3, -0.25) is 9.59 Å². The van der Waals surface area contributed by atoms with E-state index in [1.54, 1.807) is 24.3 Å². The summed E-state index contributed by atoms with van der Waals surface area (Å²) < 4.78 is 0. The molecule has 0 heterocycles. The van der Waals surface area contributed by atoms with Crippen molar-refractivity contribution in [2.75, 3.05) is 6.54 Å². The summed E-state index contributed by atoms with van der Waals surface area (Å²) in [4.78, 5) is 24.2. The van der Waals surface area contributed by atoms with Crippen LogP contribution in [0.25, 0.3) is 6.08 Å². The summed E-state index contributed by atoms with van der Waals surface area (Å²) in [7, 11) is 0. The van der Waals surface area contributed by atoms with E-state index in [1.165, 1.54) is 11.0 Å². The van der Waals surface area contributed by atoms with Gasteiger partial charge < -0.3 is 10.0 Å². The predicted octanol–water partition coefficient (Wildman–Crippen LogP) is 3.08. The van der Waals surface area contributed by atoms with Crippen molar-refractivity contribution in [2.24, 2.45) is 0 Å². The molecule has 20 heavy (non-hydrogen) atoms. The van der Waals surface area contributed by atoms with E-state index in [1.807, 2.05) is 0 Å². The summed E-state index contributed by atoms with van der Waals surface area (Å²) in [6.07, 6.45) is 4.59. The van der Waals surface area contributed by atoms with Gasteiger partial charge in [0.25, 0.3) is 0 Å². The van der Waals surface area contributed by atoms with Crippen LogP contribution in [-0.2, 0) is 9.59 Å². The van der Waals surface area contributed by atoms with E-state index in [0.29, 0.717) is 15.6 Å². The molecule has 0 radical (unpaired) electrons. The first kappa shape index (κ1) is 14.9. The van der Waals surface area contributed by atoms with Gasteiger partial charge in [0, 0.05) is 12.1 Å².